The fraction of sp³-hybridized carbons (Fsp3) is 0.579. The number of aryl methyl sites for hydroxylation is 1. The molecule has 0 aliphatic carbocycles. The first-order chi connectivity index (χ1) is 11.6. The highest BCUT2D eigenvalue weighted by Crippen LogP contribution is 2.21. The maximum Gasteiger partial charge on any atom is 0.514 e. The lowest BCUT2D eigenvalue weighted by Gasteiger charge is -2.14. The standard InChI is InChI=1S/C19H28N2O3/c1-4-6-9-16(5-2)14-23-19(22)24-18-11-12-21(20-18)17-10-7-8-15(3)13-17/h7-8,10,13,16H,4-6,9,11-12,14H2,1-3H3. The predicted molar refractivity (Wildman–Crippen MR) is 96.3 cm³/mol. The molecule has 1 atom stereocenters. The van der Waals surface area contributed by atoms with Crippen molar-refractivity contribution in [1.82, 2.24) is 0 Å². The first-order valence-corrected chi connectivity index (χ1v) is 8.88. The summed E-state index contributed by atoms with van der Waals surface area (Å²) in [5.74, 6) is 0.829. The lowest BCUT2D eigenvalue weighted by Crippen LogP contribution is -2.17. The van der Waals surface area contributed by atoms with Gasteiger partial charge in [0.1, 0.15) is 0 Å². The zero-order valence-corrected chi connectivity index (χ0v) is 15.0. The van der Waals surface area contributed by atoms with E-state index in [0.29, 0.717) is 31.4 Å². The zero-order valence-electron chi connectivity index (χ0n) is 15.0. The molecule has 2 rings (SSSR count). The van der Waals surface area contributed by atoms with Crippen molar-refractivity contribution in [2.75, 3.05) is 18.2 Å². The number of ether oxygens (including phenoxy) is 2. The molecule has 0 fully saturated rings. The lowest BCUT2D eigenvalue weighted by molar-refractivity contribution is 0.0774. The summed E-state index contributed by atoms with van der Waals surface area (Å²) in [5, 5.41) is 6.22. The Balaban J connectivity index is 1.81. The molecule has 0 N–H and O–H groups in total. The van der Waals surface area contributed by atoms with Gasteiger partial charge in [-0.1, -0.05) is 45.2 Å². The maximum atomic E-state index is 11.8. The highest BCUT2D eigenvalue weighted by atomic mass is 16.7. The minimum Gasteiger partial charge on any atom is -0.434 e. The molecule has 24 heavy (non-hydrogen) atoms. The Morgan fingerprint density at radius 2 is 2.21 bits per heavy atom. The third-order valence-corrected chi connectivity index (χ3v) is 4.25. The summed E-state index contributed by atoms with van der Waals surface area (Å²) in [6.07, 6.45) is 4.38. The van der Waals surface area contributed by atoms with Gasteiger partial charge in [-0.2, -0.15) is 0 Å². The van der Waals surface area contributed by atoms with Gasteiger partial charge in [0.2, 0.25) is 5.90 Å². The second-order valence-corrected chi connectivity index (χ2v) is 6.29. The van der Waals surface area contributed by atoms with Gasteiger partial charge in [0.15, 0.2) is 0 Å². The van der Waals surface area contributed by atoms with Crippen LogP contribution in [0.2, 0.25) is 0 Å². The van der Waals surface area contributed by atoms with Crippen LogP contribution in [0.25, 0.3) is 0 Å². The van der Waals surface area contributed by atoms with Crippen molar-refractivity contribution in [2.24, 2.45) is 11.0 Å². The third kappa shape index (κ3) is 5.55. The molecule has 1 aliphatic heterocycles. The van der Waals surface area contributed by atoms with Crippen molar-refractivity contribution < 1.29 is 14.3 Å². The summed E-state index contributed by atoms with van der Waals surface area (Å²) in [5.41, 5.74) is 2.18. The number of hydrogen-bond acceptors (Lipinski definition) is 5. The Kier molecular flexibility index (Phi) is 7.09. The molecule has 1 heterocycles. The van der Waals surface area contributed by atoms with Crippen LogP contribution in [0.5, 0.6) is 0 Å². The molecule has 0 bridgehead atoms. The van der Waals surface area contributed by atoms with Gasteiger partial charge in [0.05, 0.1) is 18.8 Å². The van der Waals surface area contributed by atoms with Crippen LogP contribution < -0.4 is 5.01 Å². The van der Waals surface area contributed by atoms with E-state index in [1.54, 1.807) is 0 Å². The van der Waals surface area contributed by atoms with Crippen LogP contribution in [0, 0.1) is 12.8 Å². The number of hydrogen-bond donors (Lipinski definition) is 0. The van der Waals surface area contributed by atoms with Crippen LogP contribution in [0.3, 0.4) is 0 Å². The fourth-order valence-electron chi connectivity index (χ4n) is 2.69. The number of carbonyl (C=O) groups excluding carboxylic acids is 1. The molecule has 5 nitrogen and oxygen atoms in total. The van der Waals surface area contributed by atoms with Gasteiger partial charge in [-0.25, -0.2) is 4.79 Å². The first kappa shape index (κ1) is 18.3. The van der Waals surface area contributed by atoms with Crippen LogP contribution in [-0.2, 0) is 9.47 Å². The molecule has 132 valence electrons. The van der Waals surface area contributed by atoms with Crippen molar-refractivity contribution in [3.05, 3.63) is 29.8 Å². The van der Waals surface area contributed by atoms with E-state index in [1.807, 2.05) is 30.1 Å². The molecular formula is C19H28N2O3. The maximum absolute atomic E-state index is 11.8. The summed E-state index contributed by atoms with van der Waals surface area (Å²) in [6.45, 7) is 7.46. The molecule has 1 aromatic rings. The Morgan fingerprint density at radius 3 is 2.92 bits per heavy atom. The summed E-state index contributed by atoms with van der Waals surface area (Å²) >= 11 is 0. The largest absolute Gasteiger partial charge is 0.514 e. The second-order valence-electron chi connectivity index (χ2n) is 6.29. The number of anilines is 1. The van der Waals surface area contributed by atoms with Crippen LogP contribution in [0.1, 0.15) is 51.5 Å². The van der Waals surface area contributed by atoms with Gasteiger partial charge < -0.3 is 9.47 Å². The van der Waals surface area contributed by atoms with Crippen molar-refractivity contribution in [3.63, 3.8) is 0 Å². The average Bonchev–Trinajstić information content (AvgIpc) is 3.03. The van der Waals surface area contributed by atoms with Gasteiger partial charge in [-0.3, -0.25) is 5.01 Å². The van der Waals surface area contributed by atoms with E-state index < -0.39 is 6.16 Å². The molecule has 1 unspecified atom stereocenters. The molecule has 0 radical (unpaired) electrons. The minimum absolute atomic E-state index is 0.409. The predicted octanol–water partition coefficient (Wildman–Crippen LogP) is 4.89. The molecule has 0 saturated carbocycles. The van der Waals surface area contributed by atoms with Crippen molar-refractivity contribution in [3.8, 4) is 0 Å². The lowest BCUT2D eigenvalue weighted by atomic mass is 10.0. The van der Waals surface area contributed by atoms with Gasteiger partial charge in [-0.15, -0.1) is 5.10 Å². The van der Waals surface area contributed by atoms with Gasteiger partial charge in [-0.05, 0) is 37.0 Å². The Morgan fingerprint density at radius 1 is 1.38 bits per heavy atom. The molecule has 0 spiro atoms. The van der Waals surface area contributed by atoms with E-state index in [0.717, 1.165) is 31.4 Å². The molecule has 0 saturated heterocycles. The molecule has 0 amide bonds. The number of nitrogens with zero attached hydrogens (tertiary/aromatic N) is 2. The summed E-state index contributed by atoms with van der Waals surface area (Å²) < 4.78 is 10.5. The van der Waals surface area contributed by atoms with Crippen molar-refractivity contribution >= 4 is 17.7 Å². The minimum atomic E-state index is -0.644. The van der Waals surface area contributed by atoms with Gasteiger partial charge in [0, 0.05) is 6.42 Å². The van der Waals surface area contributed by atoms with E-state index >= 15 is 0 Å². The molecule has 5 heteroatoms. The third-order valence-electron chi connectivity index (χ3n) is 4.25. The summed E-state index contributed by atoms with van der Waals surface area (Å²) in [7, 11) is 0. The Bertz CT molecular complexity index is 571. The van der Waals surface area contributed by atoms with Crippen LogP contribution in [-0.4, -0.2) is 25.2 Å². The van der Waals surface area contributed by atoms with E-state index in [2.05, 4.69) is 25.0 Å². The fourth-order valence-corrected chi connectivity index (χ4v) is 2.69. The first-order valence-electron chi connectivity index (χ1n) is 8.88. The van der Waals surface area contributed by atoms with Gasteiger partial charge >= 0.3 is 6.16 Å². The average molecular weight is 332 g/mol. The topological polar surface area (TPSA) is 51.1 Å². The van der Waals surface area contributed by atoms with E-state index in [1.165, 1.54) is 5.56 Å². The normalized spacial score (nSPS) is 15.1. The van der Waals surface area contributed by atoms with Crippen molar-refractivity contribution in [2.45, 2.75) is 52.9 Å². The summed E-state index contributed by atoms with van der Waals surface area (Å²) in [6, 6.07) is 8.09. The van der Waals surface area contributed by atoms with E-state index in [9.17, 15) is 4.79 Å². The Labute approximate surface area is 144 Å². The SMILES string of the molecule is CCCCC(CC)COC(=O)OC1=NN(c2cccc(C)c2)CC1. The number of unbranched alkanes of at least 4 members (excludes halogenated alkanes) is 1. The second kappa shape index (κ2) is 9.30. The number of rotatable bonds is 7. The Hall–Kier alpha value is -2.04. The highest BCUT2D eigenvalue weighted by molar-refractivity contribution is 5.88. The quantitative estimate of drug-likeness (QED) is 0.667. The summed E-state index contributed by atoms with van der Waals surface area (Å²) in [4.78, 5) is 11.8. The van der Waals surface area contributed by atoms with Gasteiger partial charge in [0.25, 0.3) is 0 Å². The van der Waals surface area contributed by atoms with Crippen LogP contribution in [0.4, 0.5) is 10.5 Å². The molecule has 1 aliphatic rings. The van der Waals surface area contributed by atoms with Crippen molar-refractivity contribution in [1.29, 1.82) is 0 Å². The van der Waals surface area contributed by atoms with Crippen LogP contribution >= 0.6 is 0 Å². The molecule has 0 aromatic heterocycles. The smallest absolute Gasteiger partial charge is 0.434 e. The number of benzene rings is 1. The van der Waals surface area contributed by atoms with E-state index in [4.69, 9.17) is 9.47 Å². The molecule has 1 aromatic carbocycles. The monoisotopic (exact) mass is 332 g/mol. The molecular weight excluding hydrogens is 304 g/mol. The van der Waals surface area contributed by atoms with E-state index in [-0.39, 0.29) is 0 Å². The zero-order chi connectivity index (χ0) is 17.4. The van der Waals surface area contributed by atoms with Crippen LogP contribution in [0.15, 0.2) is 29.4 Å². The highest BCUT2D eigenvalue weighted by Gasteiger charge is 2.21. The number of hydrazone groups is 1. The number of carbonyl (C=O) groups is 1.